The zero-order chi connectivity index (χ0) is 12.9. The Kier molecular flexibility index (Phi) is 4.67. The van der Waals surface area contributed by atoms with Crippen molar-refractivity contribution in [3.8, 4) is 6.07 Å². The van der Waals surface area contributed by atoms with Gasteiger partial charge in [0.2, 0.25) is 0 Å². The Morgan fingerprint density at radius 3 is 2.65 bits per heavy atom. The van der Waals surface area contributed by atoms with Crippen LogP contribution in [0.1, 0.15) is 24.5 Å². The molecule has 0 aromatic heterocycles. The van der Waals surface area contributed by atoms with Gasteiger partial charge in [-0.3, -0.25) is 0 Å². The number of hydrogen-bond acceptors (Lipinski definition) is 4. The minimum atomic E-state index is -3.25. The van der Waals surface area contributed by atoms with E-state index in [0.29, 0.717) is 17.5 Å². The van der Waals surface area contributed by atoms with E-state index in [1.807, 2.05) is 13.0 Å². The normalized spacial score (nSPS) is 13.0. The van der Waals surface area contributed by atoms with Gasteiger partial charge in [0, 0.05) is 6.04 Å². The molecule has 0 saturated heterocycles. The number of rotatable bonds is 5. The largest absolute Gasteiger partial charge is 0.327 e. The molecule has 0 heterocycles. The van der Waals surface area contributed by atoms with Crippen molar-refractivity contribution in [1.82, 2.24) is 0 Å². The van der Waals surface area contributed by atoms with E-state index >= 15 is 0 Å². The van der Waals surface area contributed by atoms with Gasteiger partial charge in [-0.05, 0) is 18.1 Å². The van der Waals surface area contributed by atoms with Crippen LogP contribution in [0.2, 0.25) is 0 Å². The van der Waals surface area contributed by atoms with E-state index < -0.39 is 9.84 Å². The van der Waals surface area contributed by atoms with Crippen molar-refractivity contribution in [2.45, 2.75) is 25.1 Å². The molecular weight excluding hydrogens is 236 g/mol. The van der Waals surface area contributed by atoms with Crippen LogP contribution in [-0.2, 0) is 15.6 Å². The van der Waals surface area contributed by atoms with E-state index in [-0.39, 0.29) is 17.5 Å². The molecule has 0 bridgehead atoms. The highest BCUT2D eigenvalue weighted by molar-refractivity contribution is 7.90. The van der Waals surface area contributed by atoms with Crippen molar-refractivity contribution in [3.05, 3.63) is 35.4 Å². The summed E-state index contributed by atoms with van der Waals surface area (Å²) >= 11 is 0. The number of nitrogens with two attached hydrogens (primary N) is 1. The van der Waals surface area contributed by atoms with Gasteiger partial charge in [-0.15, -0.1) is 0 Å². The number of sulfone groups is 1. The van der Waals surface area contributed by atoms with Gasteiger partial charge in [0.05, 0.1) is 23.1 Å². The van der Waals surface area contributed by atoms with Crippen molar-refractivity contribution in [1.29, 1.82) is 5.26 Å². The van der Waals surface area contributed by atoms with Crippen LogP contribution in [0.4, 0.5) is 0 Å². The van der Waals surface area contributed by atoms with Crippen LogP contribution < -0.4 is 5.73 Å². The fourth-order valence-corrected chi connectivity index (χ4v) is 3.23. The fourth-order valence-electron chi connectivity index (χ4n) is 1.50. The minimum Gasteiger partial charge on any atom is -0.327 e. The summed E-state index contributed by atoms with van der Waals surface area (Å²) in [6.45, 7) is 1.85. The van der Waals surface area contributed by atoms with Gasteiger partial charge in [0.1, 0.15) is 0 Å². The maximum absolute atomic E-state index is 11.8. The highest BCUT2D eigenvalue weighted by Crippen LogP contribution is 2.12. The van der Waals surface area contributed by atoms with Crippen LogP contribution in [0.3, 0.4) is 0 Å². The maximum atomic E-state index is 11.8. The molecule has 0 amide bonds. The second-order valence-electron chi connectivity index (χ2n) is 3.99. The van der Waals surface area contributed by atoms with Crippen molar-refractivity contribution >= 4 is 9.84 Å². The summed E-state index contributed by atoms with van der Waals surface area (Å²) in [6, 6.07) is 8.37. The Morgan fingerprint density at radius 1 is 1.41 bits per heavy atom. The van der Waals surface area contributed by atoms with Gasteiger partial charge < -0.3 is 5.73 Å². The second-order valence-corrected chi connectivity index (χ2v) is 6.10. The standard InChI is InChI=1S/C12H16N2O2S/c1-2-12(14)9-17(15,16)8-11-6-4-3-5-10(11)7-13/h3-6,12H,2,8-9,14H2,1H3. The average molecular weight is 252 g/mol. The van der Waals surface area contributed by atoms with Crippen molar-refractivity contribution in [2.75, 3.05) is 5.75 Å². The zero-order valence-electron chi connectivity index (χ0n) is 9.76. The Hall–Kier alpha value is -1.38. The fraction of sp³-hybridized carbons (Fsp3) is 0.417. The molecule has 1 aromatic rings. The first-order chi connectivity index (χ1) is 7.98. The average Bonchev–Trinajstić information content (AvgIpc) is 2.28. The molecule has 5 heteroatoms. The molecule has 92 valence electrons. The number of hydrogen-bond donors (Lipinski definition) is 1. The SMILES string of the molecule is CCC(N)CS(=O)(=O)Cc1ccccc1C#N. The first kappa shape index (κ1) is 13.7. The lowest BCUT2D eigenvalue weighted by Gasteiger charge is -2.10. The van der Waals surface area contributed by atoms with Gasteiger partial charge in [0.15, 0.2) is 9.84 Å². The molecule has 0 radical (unpaired) electrons. The third-order valence-corrected chi connectivity index (χ3v) is 4.19. The molecule has 0 aliphatic heterocycles. The monoisotopic (exact) mass is 252 g/mol. The first-order valence-corrected chi connectivity index (χ1v) is 7.24. The predicted octanol–water partition coefficient (Wildman–Crippen LogP) is 1.21. The molecule has 4 nitrogen and oxygen atoms in total. The number of nitrogens with zero attached hydrogens (tertiary/aromatic N) is 1. The highest BCUT2D eigenvalue weighted by atomic mass is 32.2. The van der Waals surface area contributed by atoms with E-state index in [1.165, 1.54) is 0 Å². The summed E-state index contributed by atoms with van der Waals surface area (Å²) in [7, 11) is -3.25. The number of nitriles is 1. The predicted molar refractivity (Wildman–Crippen MR) is 66.9 cm³/mol. The molecule has 2 N–H and O–H groups in total. The van der Waals surface area contributed by atoms with E-state index in [4.69, 9.17) is 11.0 Å². The molecule has 0 spiro atoms. The zero-order valence-corrected chi connectivity index (χ0v) is 10.6. The third kappa shape index (κ3) is 4.17. The Labute approximate surface area is 102 Å². The van der Waals surface area contributed by atoms with E-state index in [9.17, 15) is 8.42 Å². The van der Waals surface area contributed by atoms with Crippen LogP contribution >= 0.6 is 0 Å². The summed E-state index contributed by atoms with van der Waals surface area (Å²) < 4.78 is 23.7. The van der Waals surface area contributed by atoms with Crippen LogP contribution in [0, 0.1) is 11.3 Å². The molecular formula is C12H16N2O2S. The summed E-state index contributed by atoms with van der Waals surface area (Å²) in [6.07, 6.45) is 0.624. The lowest BCUT2D eigenvalue weighted by molar-refractivity contribution is 0.583. The van der Waals surface area contributed by atoms with E-state index in [2.05, 4.69) is 0 Å². The smallest absolute Gasteiger partial charge is 0.156 e. The van der Waals surface area contributed by atoms with Crippen LogP contribution in [0.25, 0.3) is 0 Å². The molecule has 17 heavy (non-hydrogen) atoms. The summed E-state index contributed by atoms with van der Waals surface area (Å²) in [5.74, 6) is -0.159. The number of benzene rings is 1. The van der Waals surface area contributed by atoms with Crippen molar-refractivity contribution in [3.63, 3.8) is 0 Å². The van der Waals surface area contributed by atoms with Crippen molar-refractivity contribution in [2.24, 2.45) is 5.73 Å². The molecule has 1 rings (SSSR count). The maximum Gasteiger partial charge on any atom is 0.156 e. The van der Waals surface area contributed by atoms with Crippen LogP contribution in [0.5, 0.6) is 0 Å². The Morgan fingerprint density at radius 2 is 2.06 bits per heavy atom. The summed E-state index contributed by atoms with van der Waals surface area (Å²) in [5, 5.41) is 8.87. The van der Waals surface area contributed by atoms with Crippen molar-refractivity contribution < 1.29 is 8.42 Å². The van der Waals surface area contributed by atoms with Gasteiger partial charge in [0.25, 0.3) is 0 Å². The molecule has 1 unspecified atom stereocenters. The lowest BCUT2D eigenvalue weighted by atomic mass is 10.1. The molecule has 1 atom stereocenters. The quantitative estimate of drug-likeness (QED) is 0.853. The molecule has 0 saturated carbocycles. The molecule has 0 aliphatic carbocycles. The van der Waals surface area contributed by atoms with Gasteiger partial charge in [-0.1, -0.05) is 25.1 Å². The topological polar surface area (TPSA) is 84.0 Å². The second kappa shape index (κ2) is 5.80. The molecule has 1 aromatic carbocycles. The summed E-state index contributed by atoms with van der Waals surface area (Å²) in [5.41, 5.74) is 6.58. The van der Waals surface area contributed by atoms with Gasteiger partial charge in [-0.25, -0.2) is 8.42 Å². The van der Waals surface area contributed by atoms with Gasteiger partial charge >= 0.3 is 0 Å². The third-order valence-electron chi connectivity index (χ3n) is 2.51. The first-order valence-electron chi connectivity index (χ1n) is 5.42. The van der Waals surface area contributed by atoms with E-state index in [0.717, 1.165) is 0 Å². The van der Waals surface area contributed by atoms with Gasteiger partial charge in [-0.2, -0.15) is 5.26 Å². The molecule has 0 aliphatic rings. The van der Waals surface area contributed by atoms with Crippen LogP contribution in [0.15, 0.2) is 24.3 Å². The van der Waals surface area contributed by atoms with Crippen LogP contribution in [-0.4, -0.2) is 20.2 Å². The Balaban J connectivity index is 2.88. The molecule has 0 fully saturated rings. The van der Waals surface area contributed by atoms with E-state index in [1.54, 1.807) is 24.3 Å². The lowest BCUT2D eigenvalue weighted by Crippen LogP contribution is -2.29. The minimum absolute atomic E-state index is 0.0384. The highest BCUT2D eigenvalue weighted by Gasteiger charge is 2.17. The Bertz CT molecular complexity index is 518. The summed E-state index contributed by atoms with van der Waals surface area (Å²) in [4.78, 5) is 0.